The Morgan fingerprint density at radius 2 is 2.05 bits per heavy atom. The molecule has 1 aliphatic heterocycles. The molecule has 0 atom stereocenters. The molecule has 0 aliphatic carbocycles. The summed E-state index contributed by atoms with van der Waals surface area (Å²) in [7, 11) is 0. The van der Waals surface area contributed by atoms with Crippen LogP contribution in [0.15, 0.2) is 36.5 Å². The highest BCUT2D eigenvalue weighted by Gasteiger charge is 2.25. The second-order valence-corrected chi connectivity index (χ2v) is 6.67. The molecule has 0 radical (unpaired) electrons. The van der Waals surface area contributed by atoms with Gasteiger partial charge in [-0.15, -0.1) is 0 Å². The van der Waals surface area contributed by atoms with Crippen LogP contribution in [0.25, 0.3) is 16.5 Å². The summed E-state index contributed by atoms with van der Waals surface area (Å²) in [6.07, 6.45) is 4.86. The lowest BCUT2D eigenvalue weighted by Crippen LogP contribution is -2.39. The van der Waals surface area contributed by atoms with Crippen LogP contribution in [0.4, 0.5) is 4.79 Å². The standard InChI is InChI=1S/C18H22N2O2/c1-18(2,3)22-17(21)20-10-6-7-13(12-20)15-11-19-16-9-5-4-8-14(15)16/h4-5,7-9,11,19H,6,10,12H2,1-3H3. The summed E-state index contributed by atoms with van der Waals surface area (Å²) in [5.41, 5.74) is 3.00. The van der Waals surface area contributed by atoms with Crippen LogP contribution in [0.3, 0.4) is 0 Å². The van der Waals surface area contributed by atoms with Gasteiger partial charge in [-0.1, -0.05) is 24.3 Å². The number of nitrogens with zero attached hydrogens (tertiary/aromatic N) is 1. The van der Waals surface area contributed by atoms with Gasteiger partial charge in [0.25, 0.3) is 0 Å². The number of hydrogen-bond donors (Lipinski definition) is 1. The molecule has 1 aliphatic rings. The number of ether oxygens (including phenoxy) is 1. The van der Waals surface area contributed by atoms with Crippen molar-refractivity contribution in [3.63, 3.8) is 0 Å². The van der Waals surface area contributed by atoms with Gasteiger partial charge < -0.3 is 14.6 Å². The molecule has 2 aromatic rings. The van der Waals surface area contributed by atoms with Crippen molar-refractivity contribution in [1.29, 1.82) is 0 Å². The van der Waals surface area contributed by atoms with Crippen LogP contribution >= 0.6 is 0 Å². The molecule has 0 bridgehead atoms. The highest BCUT2D eigenvalue weighted by Crippen LogP contribution is 2.28. The topological polar surface area (TPSA) is 45.3 Å². The molecule has 0 unspecified atom stereocenters. The third kappa shape index (κ3) is 3.01. The summed E-state index contributed by atoms with van der Waals surface area (Å²) < 4.78 is 5.48. The van der Waals surface area contributed by atoms with Gasteiger partial charge in [0.1, 0.15) is 5.60 Å². The van der Waals surface area contributed by atoms with Crippen LogP contribution < -0.4 is 0 Å². The van der Waals surface area contributed by atoms with Crippen molar-refractivity contribution in [2.75, 3.05) is 13.1 Å². The maximum Gasteiger partial charge on any atom is 0.410 e. The average molecular weight is 298 g/mol. The number of carbonyl (C=O) groups excluding carboxylic acids is 1. The fraction of sp³-hybridized carbons (Fsp3) is 0.389. The van der Waals surface area contributed by atoms with E-state index in [1.165, 1.54) is 16.5 Å². The zero-order chi connectivity index (χ0) is 15.7. The van der Waals surface area contributed by atoms with E-state index in [9.17, 15) is 4.79 Å². The molecule has 116 valence electrons. The lowest BCUT2D eigenvalue weighted by molar-refractivity contribution is 0.0273. The van der Waals surface area contributed by atoms with E-state index in [1.807, 2.05) is 39.1 Å². The molecule has 0 saturated carbocycles. The monoisotopic (exact) mass is 298 g/mol. The van der Waals surface area contributed by atoms with E-state index < -0.39 is 5.60 Å². The summed E-state index contributed by atoms with van der Waals surface area (Å²) in [5, 5.41) is 1.19. The van der Waals surface area contributed by atoms with E-state index in [0.717, 1.165) is 11.9 Å². The molecule has 1 amide bonds. The van der Waals surface area contributed by atoms with Gasteiger partial charge in [-0.05, 0) is 38.8 Å². The quantitative estimate of drug-likeness (QED) is 0.858. The average Bonchev–Trinajstić information content (AvgIpc) is 2.89. The Labute approximate surface area is 130 Å². The van der Waals surface area contributed by atoms with Crippen molar-refractivity contribution in [2.24, 2.45) is 0 Å². The Kier molecular flexibility index (Phi) is 3.69. The lowest BCUT2D eigenvalue weighted by Gasteiger charge is -2.30. The number of aromatic amines is 1. The third-order valence-corrected chi connectivity index (χ3v) is 3.74. The number of nitrogens with one attached hydrogen (secondary N) is 1. The highest BCUT2D eigenvalue weighted by atomic mass is 16.6. The fourth-order valence-corrected chi connectivity index (χ4v) is 2.76. The van der Waals surface area contributed by atoms with Crippen molar-refractivity contribution >= 4 is 22.6 Å². The Hall–Kier alpha value is -2.23. The lowest BCUT2D eigenvalue weighted by atomic mass is 10.0. The minimum Gasteiger partial charge on any atom is -0.444 e. The number of rotatable bonds is 1. The van der Waals surface area contributed by atoms with Gasteiger partial charge in [0.05, 0.1) is 0 Å². The van der Waals surface area contributed by atoms with Crippen LogP contribution in [-0.2, 0) is 4.74 Å². The molecular weight excluding hydrogens is 276 g/mol. The molecule has 4 nitrogen and oxygen atoms in total. The summed E-state index contributed by atoms with van der Waals surface area (Å²) in [6.45, 7) is 6.99. The van der Waals surface area contributed by atoms with E-state index in [0.29, 0.717) is 13.1 Å². The molecule has 4 heteroatoms. The third-order valence-electron chi connectivity index (χ3n) is 3.74. The van der Waals surface area contributed by atoms with Gasteiger partial charge >= 0.3 is 6.09 Å². The van der Waals surface area contributed by atoms with Gasteiger partial charge in [-0.2, -0.15) is 0 Å². The van der Waals surface area contributed by atoms with Gasteiger partial charge in [-0.25, -0.2) is 4.79 Å². The fourth-order valence-electron chi connectivity index (χ4n) is 2.76. The Bertz CT molecular complexity index is 722. The van der Waals surface area contributed by atoms with Crippen molar-refractivity contribution in [3.05, 3.63) is 42.1 Å². The van der Waals surface area contributed by atoms with Crippen LogP contribution in [0.2, 0.25) is 0 Å². The number of benzene rings is 1. The molecule has 1 aromatic carbocycles. The number of H-pyrrole nitrogens is 1. The number of para-hydroxylation sites is 1. The van der Waals surface area contributed by atoms with Crippen LogP contribution in [-0.4, -0.2) is 34.7 Å². The number of carbonyl (C=O) groups is 1. The summed E-state index contributed by atoms with van der Waals surface area (Å²) in [4.78, 5) is 17.3. The molecule has 0 saturated heterocycles. The zero-order valence-corrected chi connectivity index (χ0v) is 13.3. The number of fused-ring (bicyclic) bond motifs is 1. The van der Waals surface area contributed by atoms with Crippen molar-refractivity contribution in [3.8, 4) is 0 Å². The SMILES string of the molecule is CC(C)(C)OC(=O)N1CCC=C(c2c[nH]c3ccccc23)C1. The molecule has 1 aromatic heterocycles. The molecule has 3 rings (SSSR count). The second-order valence-electron chi connectivity index (χ2n) is 6.67. The van der Waals surface area contributed by atoms with E-state index in [-0.39, 0.29) is 6.09 Å². The van der Waals surface area contributed by atoms with Crippen molar-refractivity contribution < 1.29 is 9.53 Å². The largest absolute Gasteiger partial charge is 0.444 e. The zero-order valence-electron chi connectivity index (χ0n) is 13.3. The molecular formula is C18H22N2O2. The van der Waals surface area contributed by atoms with E-state index >= 15 is 0 Å². The van der Waals surface area contributed by atoms with Gasteiger partial charge in [0, 0.05) is 35.8 Å². The first-order valence-corrected chi connectivity index (χ1v) is 7.67. The second kappa shape index (κ2) is 5.52. The van der Waals surface area contributed by atoms with Crippen LogP contribution in [0.5, 0.6) is 0 Å². The molecule has 1 N–H and O–H groups in total. The maximum atomic E-state index is 12.3. The van der Waals surface area contributed by atoms with E-state index in [4.69, 9.17) is 4.74 Å². The van der Waals surface area contributed by atoms with Gasteiger partial charge in [0.15, 0.2) is 0 Å². The smallest absolute Gasteiger partial charge is 0.410 e. The van der Waals surface area contributed by atoms with Crippen LogP contribution in [0, 0.1) is 0 Å². The van der Waals surface area contributed by atoms with E-state index in [1.54, 1.807) is 4.90 Å². The summed E-state index contributed by atoms with van der Waals surface area (Å²) >= 11 is 0. The molecule has 22 heavy (non-hydrogen) atoms. The normalized spacial score (nSPS) is 15.8. The summed E-state index contributed by atoms with van der Waals surface area (Å²) in [6, 6.07) is 8.22. The minimum absolute atomic E-state index is 0.238. The maximum absolute atomic E-state index is 12.3. The minimum atomic E-state index is -0.459. The van der Waals surface area contributed by atoms with Crippen molar-refractivity contribution in [2.45, 2.75) is 32.8 Å². The first kappa shape index (κ1) is 14.7. The predicted molar refractivity (Wildman–Crippen MR) is 88.7 cm³/mol. The first-order chi connectivity index (χ1) is 10.4. The molecule has 2 heterocycles. The van der Waals surface area contributed by atoms with Gasteiger partial charge in [0.2, 0.25) is 0 Å². The highest BCUT2D eigenvalue weighted by molar-refractivity contribution is 5.93. The summed E-state index contributed by atoms with van der Waals surface area (Å²) in [5.74, 6) is 0. The molecule has 0 fully saturated rings. The van der Waals surface area contributed by atoms with E-state index in [2.05, 4.69) is 23.2 Å². The van der Waals surface area contributed by atoms with Crippen LogP contribution in [0.1, 0.15) is 32.8 Å². The number of hydrogen-bond acceptors (Lipinski definition) is 2. The Balaban J connectivity index is 1.81. The predicted octanol–water partition coefficient (Wildman–Crippen LogP) is 4.19. The molecule has 0 spiro atoms. The first-order valence-electron chi connectivity index (χ1n) is 7.67. The number of amides is 1. The Morgan fingerprint density at radius 3 is 2.82 bits per heavy atom. The van der Waals surface area contributed by atoms with Crippen molar-refractivity contribution in [1.82, 2.24) is 9.88 Å². The van der Waals surface area contributed by atoms with Gasteiger partial charge in [-0.3, -0.25) is 0 Å². The Morgan fingerprint density at radius 1 is 1.27 bits per heavy atom. The number of aromatic nitrogens is 1.